The first-order valence-corrected chi connectivity index (χ1v) is 13.5. The molecule has 1 saturated heterocycles. The van der Waals surface area contributed by atoms with Gasteiger partial charge in [-0.3, -0.25) is 14.6 Å². The first kappa shape index (κ1) is 26.2. The second-order valence-corrected chi connectivity index (χ2v) is 10.0. The van der Waals surface area contributed by atoms with Crippen LogP contribution in [-0.2, 0) is 24.4 Å². The summed E-state index contributed by atoms with van der Waals surface area (Å²) in [4.78, 5) is 20.8. The summed E-state index contributed by atoms with van der Waals surface area (Å²) in [6.45, 7) is 6.87. The third kappa shape index (κ3) is 6.09. The van der Waals surface area contributed by atoms with Gasteiger partial charge in [-0.15, -0.1) is 5.10 Å². The fourth-order valence-corrected chi connectivity index (χ4v) is 5.12. The molecule has 0 spiro atoms. The molecule has 0 aliphatic carbocycles. The smallest absolute Gasteiger partial charge is 0.252 e. The molecule has 2 aliphatic heterocycles. The van der Waals surface area contributed by atoms with Gasteiger partial charge in [0.2, 0.25) is 6.79 Å². The molecule has 4 aromatic rings. The highest BCUT2D eigenvalue weighted by Gasteiger charge is 2.19. The van der Waals surface area contributed by atoms with Crippen LogP contribution in [0.1, 0.15) is 23.4 Å². The molecule has 0 radical (unpaired) electrons. The molecule has 1 fully saturated rings. The van der Waals surface area contributed by atoms with Crippen LogP contribution < -0.4 is 19.8 Å². The minimum Gasteiger partial charge on any atom is -0.497 e. The molecule has 12 nitrogen and oxygen atoms in total. The summed E-state index contributed by atoms with van der Waals surface area (Å²) in [5, 5.41) is 13.4. The first-order chi connectivity index (χ1) is 19.6. The molecular weight excluding hydrogens is 514 g/mol. The van der Waals surface area contributed by atoms with Crippen molar-refractivity contribution >= 4 is 10.9 Å². The molecule has 4 heterocycles. The third-order valence-electron chi connectivity index (χ3n) is 7.32. The molecular formula is C28H33N7O5. The average Bonchev–Trinajstić information content (AvgIpc) is 3.62. The largest absolute Gasteiger partial charge is 0.497 e. The van der Waals surface area contributed by atoms with Gasteiger partial charge >= 0.3 is 0 Å². The maximum atomic E-state index is 13.1. The Bertz CT molecular complexity index is 1500. The van der Waals surface area contributed by atoms with Gasteiger partial charge in [0.25, 0.3) is 5.56 Å². The standard InChI is InChI=1S/C28H33N7O5/c1-37-23-5-3-20(4-6-23)16-35-27(30-31-32-35)18-34(8-2-7-33-9-11-38-12-10-33)17-22-13-21-14-25-26(40-19-39-25)15-24(21)29-28(22)36/h3-6,13-15H,2,7-12,16-19H2,1H3,(H,29,36). The zero-order valence-electron chi connectivity index (χ0n) is 22.5. The van der Waals surface area contributed by atoms with Crippen LogP contribution in [0.3, 0.4) is 0 Å². The number of hydrogen-bond donors (Lipinski definition) is 1. The Hall–Kier alpha value is -4.00. The van der Waals surface area contributed by atoms with Crippen molar-refractivity contribution in [1.29, 1.82) is 0 Å². The van der Waals surface area contributed by atoms with Crippen molar-refractivity contribution in [3.63, 3.8) is 0 Å². The number of benzene rings is 2. The number of methoxy groups -OCH3 is 1. The highest BCUT2D eigenvalue weighted by molar-refractivity contribution is 5.83. The number of tetrazole rings is 1. The van der Waals surface area contributed by atoms with Crippen LogP contribution in [0, 0.1) is 0 Å². The van der Waals surface area contributed by atoms with Crippen LogP contribution >= 0.6 is 0 Å². The van der Waals surface area contributed by atoms with Crippen molar-refractivity contribution in [2.75, 3.05) is 53.3 Å². The lowest BCUT2D eigenvalue weighted by Crippen LogP contribution is -2.38. The number of nitrogens with zero attached hydrogens (tertiary/aromatic N) is 6. The molecule has 2 aliphatic rings. The molecule has 210 valence electrons. The summed E-state index contributed by atoms with van der Waals surface area (Å²) in [5.74, 6) is 2.87. The molecule has 2 aromatic heterocycles. The van der Waals surface area contributed by atoms with Gasteiger partial charge in [0.1, 0.15) is 5.75 Å². The Morgan fingerprint density at radius 2 is 1.85 bits per heavy atom. The molecule has 0 atom stereocenters. The SMILES string of the molecule is COc1ccc(Cn2nnnc2CN(CCCN2CCOCC2)Cc2cc3cc4c(cc3[nH]c2=O)OCO4)cc1. The number of aromatic amines is 1. The maximum Gasteiger partial charge on any atom is 0.252 e. The fourth-order valence-electron chi connectivity index (χ4n) is 5.12. The molecule has 0 unspecified atom stereocenters. The van der Waals surface area contributed by atoms with Crippen LogP contribution in [0.2, 0.25) is 0 Å². The van der Waals surface area contributed by atoms with Gasteiger partial charge in [0.15, 0.2) is 17.3 Å². The fraction of sp³-hybridized carbons (Fsp3) is 0.429. The molecule has 2 aromatic carbocycles. The number of fused-ring (bicyclic) bond motifs is 2. The van der Waals surface area contributed by atoms with E-state index in [-0.39, 0.29) is 12.4 Å². The van der Waals surface area contributed by atoms with Gasteiger partial charge in [-0.2, -0.15) is 0 Å². The summed E-state index contributed by atoms with van der Waals surface area (Å²) in [6, 6.07) is 13.5. The van der Waals surface area contributed by atoms with Gasteiger partial charge in [0.05, 0.1) is 38.9 Å². The van der Waals surface area contributed by atoms with Crippen molar-refractivity contribution in [2.24, 2.45) is 0 Å². The molecule has 40 heavy (non-hydrogen) atoms. The van der Waals surface area contributed by atoms with E-state index in [1.54, 1.807) is 7.11 Å². The molecule has 0 saturated carbocycles. The number of nitrogens with one attached hydrogen (secondary N) is 1. The highest BCUT2D eigenvalue weighted by Crippen LogP contribution is 2.35. The molecule has 0 bridgehead atoms. The topological polar surface area (TPSA) is 120 Å². The lowest BCUT2D eigenvalue weighted by atomic mass is 10.1. The maximum absolute atomic E-state index is 13.1. The number of morpholine rings is 1. The molecule has 0 amide bonds. The third-order valence-corrected chi connectivity index (χ3v) is 7.32. The number of rotatable bonds is 11. The second-order valence-electron chi connectivity index (χ2n) is 10.0. The van der Waals surface area contributed by atoms with Crippen LogP contribution in [0.15, 0.2) is 47.3 Å². The van der Waals surface area contributed by atoms with Crippen molar-refractivity contribution in [2.45, 2.75) is 26.1 Å². The Morgan fingerprint density at radius 1 is 1.05 bits per heavy atom. The van der Waals surface area contributed by atoms with Gasteiger partial charge in [0, 0.05) is 43.2 Å². The highest BCUT2D eigenvalue weighted by atomic mass is 16.7. The second kappa shape index (κ2) is 12.0. The first-order valence-electron chi connectivity index (χ1n) is 13.5. The van der Waals surface area contributed by atoms with Crippen LogP contribution in [0.25, 0.3) is 10.9 Å². The number of hydrogen-bond acceptors (Lipinski definition) is 10. The van der Waals surface area contributed by atoms with E-state index in [1.807, 2.05) is 47.1 Å². The van der Waals surface area contributed by atoms with E-state index in [1.165, 1.54) is 0 Å². The number of H-pyrrole nitrogens is 1. The van der Waals surface area contributed by atoms with E-state index < -0.39 is 0 Å². The minimum atomic E-state index is -0.123. The van der Waals surface area contributed by atoms with Crippen LogP contribution in [0.5, 0.6) is 17.2 Å². The van der Waals surface area contributed by atoms with E-state index >= 15 is 0 Å². The van der Waals surface area contributed by atoms with Crippen LogP contribution in [0.4, 0.5) is 0 Å². The number of ether oxygens (including phenoxy) is 4. The Balaban J connectivity index is 1.21. The van der Waals surface area contributed by atoms with E-state index in [9.17, 15) is 4.79 Å². The molecule has 1 N–H and O–H groups in total. The predicted molar refractivity (Wildman–Crippen MR) is 147 cm³/mol. The number of pyridine rings is 1. The van der Waals surface area contributed by atoms with E-state index in [4.69, 9.17) is 18.9 Å². The summed E-state index contributed by atoms with van der Waals surface area (Å²) in [6.07, 6.45) is 0.949. The monoisotopic (exact) mass is 547 g/mol. The predicted octanol–water partition coefficient (Wildman–Crippen LogP) is 2.02. The average molecular weight is 548 g/mol. The quantitative estimate of drug-likeness (QED) is 0.299. The van der Waals surface area contributed by atoms with Gasteiger partial charge in [-0.25, -0.2) is 4.68 Å². The minimum absolute atomic E-state index is 0.123. The van der Waals surface area contributed by atoms with Crippen molar-refractivity contribution in [1.82, 2.24) is 35.0 Å². The normalized spacial score (nSPS) is 15.2. The van der Waals surface area contributed by atoms with E-state index in [2.05, 4.69) is 30.3 Å². The van der Waals surface area contributed by atoms with Gasteiger partial charge in [-0.05, 0) is 53.2 Å². The Morgan fingerprint density at radius 3 is 2.65 bits per heavy atom. The number of aromatic nitrogens is 5. The van der Waals surface area contributed by atoms with Crippen LogP contribution in [-0.4, -0.2) is 88.3 Å². The van der Waals surface area contributed by atoms with Gasteiger partial charge in [-0.1, -0.05) is 12.1 Å². The van der Waals surface area contributed by atoms with E-state index in [0.29, 0.717) is 36.7 Å². The van der Waals surface area contributed by atoms with Crippen molar-refractivity contribution in [3.8, 4) is 17.2 Å². The Kier molecular flexibility index (Phi) is 7.89. The lowest BCUT2D eigenvalue weighted by molar-refractivity contribution is 0.0358. The summed E-state index contributed by atoms with van der Waals surface area (Å²) in [5.41, 5.74) is 2.34. The van der Waals surface area contributed by atoms with E-state index in [0.717, 1.165) is 73.9 Å². The zero-order chi connectivity index (χ0) is 27.3. The Labute approximate surface area is 231 Å². The molecule has 12 heteroatoms. The lowest BCUT2D eigenvalue weighted by Gasteiger charge is -2.28. The van der Waals surface area contributed by atoms with Crippen molar-refractivity contribution < 1.29 is 18.9 Å². The summed E-state index contributed by atoms with van der Waals surface area (Å²) < 4.78 is 23.6. The molecule has 6 rings (SSSR count). The summed E-state index contributed by atoms with van der Waals surface area (Å²) >= 11 is 0. The van der Waals surface area contributed by atoms with Gasteiger partial charge < -0.3 is 23.9 Å². The summed E-state index contributed by atoms with van der Waals surface area (Å²) in [7, 11) is 1.65. The zero-order valence-corrected chi connectivity index (χ0v) is 22.5. The van der Waals surface area contributed by atoms with Crippen molar-refractivity contribution in [3.05, 3.63) is 69.8 Å².